The Kier molecular flexibility index (Phi) is 6.68. The highest BCUT2D eigenvalue weighted by atomic mass is 16.5. The summed E-state index contributed by atoms with van der Waals surface area (Å²) in [5.41, 5.74) is 5.91. The number of hydrogen-bond donors (Lipinski definition) is 1. The van der Waals surface area contributed by atoms with Crippen LogP contribution in [0.3, 0.4) is 0 Å². The van der Waals surface area contributed by atoms with Crippen LogP contribution in [0.15, 0.2) is 30.3 Å². The maximum atomic E-state index is 12.0. The van der Waals surface area contributed by atoms with E-state index in [0.29, 0.717) is 19.1 Å². The maximum absolute atomic E-state index is 12.0. The second kappa shape index (κ2) is 8.76. The zero-order valence-electron chi connectivity index (χ0n) is 13.2. The molecule has 1 heterocycles. The molecule has 2 rings (SSSR count). The van der Waals surface area contributed by atoms with Gasteiger partial charge in [-0.3, -0.25) is 4.79 Å². The monoisotopic (exact) mass is 306 g/mol. The van der Waals surface area contributed by atoms with Crippen molar-refractivity contribution in [2.45, 2.75) is 25.8 Å². The molecule has 0 radical (unpaired) electrons. The van der Waals surface area contributed by atoms with Gasteiger partial charge in [-0.2, -0.15) is 0 Å². The lowest BCUT2D eigenvalue weighted by molar-refractivity contribution is -0.137. The van der Waals surface area contributed by atoms with Gasteiger partial charge in [-0.25, -0.2) is 0 Å². The first-order valence-electron chi connectivity index (χ1n) is 7.96. The number of amides is 1. The van der Waals surface area contributed by atoms with Crippen LogP contribution in [0, 0.1) is 5.92 Å². The number of likely N-dealkylation sites (tertiary alicyclic amines) is 1. The lowest BCUT2D eigenvalue weighted by atomic mass is 9.91. The van der Waals surface area contributed by atoms with Gasteiger partial charge in [0.05, 0.1) is 6.61 Å². The number of nitrogens with zero attached hydrogens (tertiary/aromatic N) is 1. The maximum Gasteiger partial charge on any atom is 0.248 e. The fraction of sp³-hybridized carbons (Fsp3) is 0.588. The first-order chi connectivity index (χ1) is 10.7. The third kappa shape index (κ3) is 5.31. The van der Waals surface area contributed by atoms with E-state index in [1.807, 2.05) is 42.2 Å². The number of ether oxygens (including phenoxy) is 2. The minimum atomic E-state index is 0.0582. The predicted octanol–water partition coefficient (Wildman–Crippen LogP) is 1.67. The predicted molar refractivity (Wildman–Crippen MR) is 85.7 cm³/mol. The Morgan fingerprint density at radius 1 is 1.27 bits per heavy atom. The summed E-state index contributed by atoms with van der Waals surface area (Å²) in [4.78, 5) is 13.9. The van der Waals surface area contributed by atoms with Crippen LogP contribution in [0.2, 0.25) is 0 Å². The second-order valence-electron chi connectivity index (χ2n) is 5.79. The summed E-state index contributed by atoms with van der Waals surface area (Å²) in [7, 11) is 0. The Balaban J connectivity index is 1.56. The highest BCUT2D eigenvalue weighted by molar-refractivity contribution is 5.77. The van der Waals surface area contributed by atoms with Gasteiger partial charge in [0, 0.05) is 19.1 Å². The molecule has 1 saturated heterocycles. The molecule has 1 aromatic rings. The van der Waals surface area contributed by atoms with Crippen molar-refractivity contribution in [2.75, 3.05) is 32.9 Å². The standard InChI is InChI=1S/C17H26N2O3/c1-14(18)15-7-9-19(10-8-15)17(20)13-21-11-12-22-16-5-3-2-4-6-16/h2-6,14-15H,7-13,18H2,1H3. The van der Waals surface area contributed by atoms with Crippen molar-refractivity contribution >= 4 is 5.91 Å². The van der Waals surface area contributed by atoms with E-state index in [9.17, 15) is 4.79 Å². The Morgan fingerprint density at radius 2 is 1.95 bits per heavy atom. The largest absolute Gasteiger partial charge is 0.491 e. The Labute approximate surface area is 132 Å². The number of para-hydroxylation sites is 1. The summed E-state index contributed by atoms with van der Waals surface area (Å²) in [5.74, 6) is 1.41. The molecule has 5 heteroatoms. The SMILES string of the molecule is CC(N)C1CCN(C(=O)COCCOc2ccccc2)CC1. The van der Waals surface area contributed by atoms with Crippen LogP contribution in [-0.4, -0.2) is 49.8 Å². The van der Waals surface area contributed by atoms with Crippen molar-refractivity contribution in [2.24, 2.45) is 11.7 Å². The molecule has 1 aliphatic rings. The van der Waals surface area contributed by atoms with Gasteiger partial charge >= 0.3 is 0 Å². The lowest BCUT2D eigenvalue weighted by Gasteiger charge is -2.33. The molecule has 5 nitrogen and oxygen atoms in total. The normalized spacial score (nSPS) is 17.3. The summed E-state index contributed by atoms with van der Waals surface area (Å²) in [6.07, 6.45) is 1.97. The zero-order chi connectivity index (χ0) is 15.8. The van der Waals surface area contributed by atoms with E-state index in [2.05, 4.69) is 0 Å². The Bertz CT molecular complexity index is 442. The van der Waals surface area contributed by atoms with Crippen molar-refractivity contribution < 1.29 is 14.3 Å². The number of rotatable bonds is 7. The van der Waals surface area contributed by atoms with Gasteiger partial charge in [-0.15, -0.1) is 0 Å². The topological polar surface area (TPSA) is 64.8 Å². The highest BCUT2D eigenvalue weighted by Crippen LogP contribution is 2.19. The van der Waals surface area contributed by atoms with E-state index in [0.717, 1.165) is 31.7 Å². The van der Waals surface area contributed by atoms with Gasteiger partial charge in [0.2, 0.25) is 5.91 Å². The number of carbonyl (C=O) groups is 1. The van der Waals surface area contributed by atoms with E-state index in [4.69, 9.17) is 15.2 Å². The number of benzene rings is 1. The molecule has 0 aromatic heterocycles. The third-order valence-electron chi connectivity index (χ3n) is 4.10. The van der Waals surface area contributed by atoms with Crippen LogP contribution in [0.5, 0.6) is 5.75 Å². The molecule has 22 heavy (non-hydrogen) atoms. The molecular weight excluding hydrogens is 280 g/mol. The van der Waals surface area contributed by atoms with Crippen LogP contribution in [-0.2, 0) is 9.53 Å². The fourth-order valence-electron chi connectivity index (χ4n) is 2.66. The quantitative estimate of drug-likeness (QED) is 0.778. The lowest BCUT2D eigenvalue weighted by Crippen LogP contribution is -2.43. The molecule has 0 aliphatic carbocycles. The van der Waals surface area contributed by atoms with Crippen molar-refractivity contribution in [1.82, 2.24) is 4.90 Å². The van der Waals surface area contributed by atoms with Gasteiger partial charge in [0.25, 0.3) is 0 Å². The van der Waals surface area contributed by atoms with E-state index in [1.54, 1.807) is 0 Å². The number of hydrogen-bond acceptors (Lipinski definition) is 4. The second-order valence-corrected chi connectivity index (χ2v) is 5.79. The molecule has 1 aliphatic heterocycles. The molecule has 1 atom stereocenters. The Hall–Kier alpha value is -1.59. The summed E-state index contributed by atoms with van der Waals surface area (Å²) >= 11 is 0. The van der Waals surface area contributed by atoms with Crippen LogP contribution in [0.4, 0.5) is 0 Å². The van der Waals surface area contributed by atoms with Crippen molar-refractivity contribution in [3.05, 3.63) is 30.3 Å². The number of nitrogens with two attached hydrogens (primary N) is 1. The molecule has 0 spiro atoms. The van der Waals surface area contributed by atoms with Gasteiger partial charge < -0.3 is 20.1 Å². The molecule has 122 valence electrons. The average molecular weight is 306 g/mol. The average Bonchev–Trinajstić information content (AvgIpc) is 2.55. The van der Waals surface area contributed by atoms with Crippen molar-refractivity contribution in [3.63, 3.8) is 0 Å². The fourth-order valence-corrected chi connectivity index (χ4v) is 2.66. The van der Waals surface area contributed by atoms with Crippen molar-refractivity contribution in [1.29, 1.82) is 0 Å². The summed E-state index contributed by atoms with van der Waals surface area (Å²) in [6.45, 7) is 4.60. The Morgan fingerprint density at radius 3 is 2.59 bits per heavy atom. The third-order valence-corrected chi connectivity index (χ3v) is 4.10. The molecular formula is C17H26N2O3. The molecule has 0 saturated carbocycles. The van der Waals surface area contributed by atoms with Gasteiger partial charge in [-0.05, 0) is 37.8 Å². The van der Waals surface area contributed by atoms with Gasteiger partial charge in [-0.1, -0.05) is 18.2 Å². The first-order valence-corrected chi connectivity index (χ1v) is 7.96. The highest BCUT2D eigenvalue weighted by Gasteiger charge is 2.24. The number of piperidine rings is 1. The molecule has 0 bridgehead atoms. The van der Waals surface area contributed by atoms with E-state index in [1.165, 1.54) is 0 Å². The van der Waals surface area contributed by atoms with Gasteiger partial charge in [0.15, 0.2) is 0 Å². The summed E-state index contributed by atoms with van der Waals surface area (Å²) in [6, 6.07) is 9.79. The molecule has 1 amide bonds. The van der Waals surface area contributed by atoms with Crippen LogP contribution in [0.25, 0.3) is 0 Å². The van der Waals surface area contributed by atoms with Crippen molar-refractivity contribution in [3.8, 4) is 5.75 Å². The summed E-state index contributed by atoms with van der Waals surface area (Å²) < 4.78 is 10.9. The minimum Gasteiger partial charge on any atom is -0.491 e. The minimum absolute atomic E-state index is 0.0582. The number of carbonyl (C=O) groups excluding carboxylic acids is 1. The van der Waals surface area contributed by atoms with Gasteiger partial charge in [0.1, 0.15) is 19.0 Å². The van der Waals surface area contributed by atoms with Crippen LogP contribution >= 0.6 is 0 Å². The van der Waals surface area contributed by atoms with E-state index >= 15 is 0 Å². The molecule has 1 aromatic carbocycles. The molecule has 1 fully saturated rings. The van der Waals surface area contributed by atoms with E-state index < -0.39 is 0 Å². The van der Waals surface area contributed by atoms with Crippen LogP contribution in [0.1, 0.15) is 19.8 Å². The van der Waals surface area contributed by atoms with Crippen LogP contribution < -0.4 is 10.5 Å². The molecule has 1 unspecified atom stereocenters. The zero-order valence-corrected chi connectivity index (χ0v) is 13.2. The van der Waals surface area contributed by atoms with E-state index in [-0.39, 0.29) is 18.6 Å². The smallest absolute Gasteiger partial charge is 0.248 e. The molecule has 2 N–H and O–H groups in total. The first kappa shape index (κ1) is 16.8. The summed E-state index contributed by atoms with van der Waals surface area (Å²) in [5, 5.41) is 0.